The Morgan fingerprint density at radius 1 is 1.47 bits per heavy atom. The van der Waals surface area contributed by atoms with Crippen LogP contribution in [0.4, 0.5) is 5.13 Å². The van der Waals surface area contributed by atoms with E-state index >= 15 is 0 Å². The minimum atomic E-state index is 0.441. The summed E-state index contributed by atoms with van der Waals surface area (Å²) in [4.78, 5) is 5.49. The molecule has 0 bridgehead atoms. The lowest BCUT2D eigenvalue weighted by Crippen LogP contribution is -1.96. The molecule has 2 N–H and O–H groups in total. The summed E-state index contributed by atoms with van der Waals surface area (Å²) in [6, 6.07) is 0. The second-order valence-corrected chi connectivity index (χ2v) is 5.72. The fourth-order valence-corrected chi connectivity index (χ4v) is 2.82. The first-order chi connectivity index (χ1) is 7.97. The highest BCUT2D eigenvalue weighted by molar-refractivity contribution is 7.15. The molecule has 0 saturated heterocycles. The predicted octanol–water partition coefficient (Wildman–Crippen LogP) is 2.48. The molecular formula is C12H18N4S. The Morgan fingerprint density at radius 2 is 2.18 bits per heavy atom. The monoisotopic (exact) mass is 250 g/mol. The van der Waals surface area contributed by atoms with Crippen LogP contribution in [0.1, 0.15) is 41.6 Å². The molecule has 0 aromatic carbocycles. The summed E-state index contributed by atoms with van der Waals surface area (Å²) in [5.74, 6) is 0.441. The molecule has 2 rings (SSSR count). The first-order valence-corrected chi connectivity index (χ1v) is 6.53. The molecule has 0 aliphatic carbocycles. The molecule has 0 radical (unpaired) electrons. The Morgan fingerprint density at radius 3 is 2.71 bits per heavy atom. The molecule has 2 aromatic rings. The van der Waals surface area contributed by atoms with E-state index in [9.17, 15) is 0 Å². The third-order valence-corrected chi connectivity index (χ3v) is 3.73. The van der Waals surface area contributed by atoms with Crippen molar-refractivity contribution < 1.29 is 0 Å². The number of rotatable bonds is 3. The Labute approximate surface area is 105 Å². The highest BCUT2D eigenvalue weighted by atomic mass is 32.1. The van der Waals surface area contributed by atoms with E-state index in [-0.39, 0.29) is 0 Å². The largest absolute Gasteiger partial charge is 0.375 e. The standard InChI is InChI=1S/C12H18N4S/c1-7(2)11-9(6-16(4)15-11)5-10-8(3)14-12(13)17-10/h6-7H,5H2,1-4H3,(H2,13,14). The molecule has 0 unspecified atom stereocenters. The lowest BCUT2D eigenvalue weighted by Gasteiger charge is -2.04. The van der Waals surface area contributed by atoms with E-state index in [1.54, 1.807) is 11.3 Å². The number of hydrogen-bond donors (Lipinski definition) is 1. The number of aromatic nitrogens is 3. The van der Waals surface area contributed by atoms with E-state index < -0.39 is 0 Å². The van der Waals surface area contributed by atoms with Crippen molar-refractivity contribution >= 4 is 16.5 Å². The molecule has 5 heteroatoms. The van der Waals surface area contributed by atoms with Gasteiger partial charge in [0, 0.05) is 24.5 Å². The highest BCUT2D eigenvalue weighted by Crippen LogP contribution is 2.26. The molecule has 0 aliphatic heterocycles. The average Bonchev–Trinajstić information content (AvgIpc) is 2.71. The number of nitrogens with two attached hydrogens (primary N) is 1. The van der Waals surface area contributed by atoms with Crippen molar-refractivity contribution in [3.05, 3.63) is 28.0 Å². The number of nitrogen functional groups attached to an aromatic ring is 1. The summed E-state index contributed by atoms with van der Waals surface area (Å²) in [5, 5.41) is 5.16. The van der Waals surface area contributed by atoms with Crippen LogP contribution in [0.15, 0.2) is 6.20 Å². The van der Waals surface area contributed by atoms with Gasteiger partial charge in [0.05, 0.1) is 11.4 Å². The van der Waals surface area contributed by atoms with Gasteiger partial charge in [0.25, 0.3) is 0 Å². The number of nitrogens with zero attached hydrogens (tertiary/aromatic N) is 3. The molecule has 2 aromatic heterocycles. The summed E-state index contributed by atoms with van der Waals surface area (Å²) in [6.07, 6.45) is 2.97. The van der Waals surface area contributed by atoms with Crippen molar-refractivity contribution in [3.63, 3.8) is 0 Å². The molecule has 0 aliphatic rings. The van der Waals surface area contributed by atoms with E-state index in [0.29, 0.717) is 11.0 Å². The lowest BCUT2D eigenvalue weighted by molar-refractivity contribution is 0.712. The summed E-state index contributed by atoms with van der Waals surface area (Å²) in [7, 11) is 1.96. The van der Waals surface area contributed by atoms with Gasteiger partial charge in [-0.2, -0.15) is 5.10 Å². The Hall–Kier alpha value is -1.36. The topological polar surface area (TPSA) is 56.7 Å². The normalized spacial score (nSPS) is 11.4. The maximum Gasteiger partial charge on any atom is 0.180 e. The van der Waals surface area contributed by atoms with Crippen LogP contribution in [-0.4, -0.2) is 14.8 Å². The van der Waals surface area contributed by atoms with Crippen LogP contribution in [0.5, 0.6) is 0 Å². The zero-order valence-corrected chi connectivity index (χ0v) is 11.5. The maximum atomic E-state index is 5.72. The summed E-state index contributed by atoms with van der Waals surface area (Å²) >= 11 is 1.57. The van der Waals surface area contributed by atoms with E-state index in [1.165, 1.54) is 16.1 Å². The third-order valence-electron chi connectivity index (χ3n) is 2.74. The highest BCUT2D eigenvalue weighted by Gasteiger charge is 2.14. The van der Waals surface area contributed by atoms with Gasteiger partial charge in [-0.1, -0.05) is 13.8 Å². The molecule has 0 atom stereocenters. The van der Waals surface area contributed by atoms with E-state index in [1.807, 2.05) is 18.7 Å². The summed E-state index contributed by atoms with van der Waals surface area (Å²) in [6.45, 7) is 6.34. The van der Waals surface area contributed by atoms with E-state index in [0.717, 1.165) is 12.1 Å². The predicted molar refractivity (Wildman–Crippen MR) is 71.4 cm³/mol. The molecule has 0 spiro atoms. The van der Waals surface area contributed by atoms with E-state index in [2.05, 4.69) is 30.1 Å². The van der Waals surface area contributed by atoms with Crippen molar-refractivity contribution in [1.82, 2.24) is 14.8 Å². The van der Waals surface area contributed by atoms with Crippen LogP contribution in [0.2, 0.25) is 0 Å². The summed E-state index contributed by atoms with van der Waals surface area (Å²) in [5.41, 5.74) is 9.19. The minimum absolute atomic E-state index is 0.441. The quantitative estimate of drug-likeness (QED) is 0.910. The molecule has 0 amide bonds. The number of hydrogen-bond acceptors (Lipinski definition) is 4. The van der Waals surface area contributed by atoms with Crippen LogP contribution < -0.4 is 5.73 Å². The maximum absolute atomic E-state index is 5.72. The van der Waals surface area contributed by atoms with Crippen molar-refractivity contribution in [2.75, 3.05) is 5.73 Å². The van der Waals surface area contributed by atoms with Crippen molar-refractivity contribution in [2.24, 2.45) is 7.05 Å². The van der Waals surface area contributed by atoms with E-state index in [4.69, 9.17) is 5.73 Å². The zero-order chi connectivity index (χ0) is 12.6. The zero-order valence-electron chi connectivity index (χ0n) is 10.7. The molecular weight excluding hydrogens is 232 g/mol. The van der Waals surface area contributed by atoms with Crippen LogP contribution >= 0.6 is 11.3 Å². The van der Waals surface area contributed by atoms with Crippen molar-refractivity contribution in [1.29, 1.82) is 0 Å². The number of aryl methyl sites for hydroxylation is 2. The third kappa shape index (κ3) is 2.49. The van der Waals surface area contributed by atoms with Gasteiger partial charge < -0.3 is 5.73 Å². The first-order valence-electron chi connectivity index (χ1n) is 5.71. The number of anilines is 1. The molecule has 4 nitrogen and oxygen atoms in total. The van der Waals surface area contributed by atoms with Gasteiger partial charge in [-0.05, 0) is 18.4 Å². The molecule has 17 heavy (non-hydrogen) atoms. The lowest BCUT2D eigenvalue weighted by atomic mass is 10.0. The van der Waals surface area contributed by atoms with Gasteiger partial charge in [-0.3, -0.25) is 4.68 Å². The average molecular weight is 250 g/mol. The van der Waals surface area contributed by atoms with Crippen LogP contribution in [0, 0.1) is 6.92 Å². The molecule has 2 heterocycles. The second kappa shape index (κ2) is 4.49. The van der Waals surface area contributed by atoms with Crippen molar-refractivity contribution in [3.8, 4) is 0 Å². The summed E-state index contributed by atoms with van der Waals surface area (Å²) < 4.78 is 1.88. The Kier molecular flexibility index (Phi) is 3.19. The van der Waals surface area contributed by atoms with Crippen LogP contribution in [0.3, 0.4) is 0 Å². The van der Waals surface area contributed by atoms with Gasteiger partial charge >= 0.3 is 0 Å². The minimum Gasteiger partial charge on any atom is -0.375 e. The smallest absolute Gasteiger partial charge is 0.180 e. The number of thiazole rings is 1. The SMILES string of the molecule is Cc1nc(N)sc1Cc1cn(C)nc1C(C)C. The Balaban J connectivity index is 2.32. The molecule has 92 valence electrons. The van der Waals surface area contributed by atoms with Gasteiger partial charge in [0.15, 0.2) is 5.13 Å². The fourth-order valence-electron chi connectivity index (χ4n) is 1.96. The fraction of sp³-hybridized carbons (Fsp3) is 0.500. The first kappa shape index (κ1) is 12.1. The second-order valence-electron chi connectivity index (χ2n) is 4.61. The van der Waals surface area contributed by atoms with Gasteiger partial charge in [0.2, 0.25) is 0 Å². The molecule has 0 fully saturated rings. The van der Waals surface area contributed by atoms with Gasteiger partial charge in [0.1, 0.15) is 0 Å². The van der Waals surface area contributed by atoms with Gasteiger partial charge in [-0.25, -0.2) is 4.98 Å². The molecule has 0 saturated carbocycles. The van der Waals surface area contributed by atoms with Crippen molar-refractivity contribution in [2.45, 2.75) is 33.1 Å². The Bertz CT molecular complexity index is 525. The van der Waals surface area contributed by atoms with Gasteiger partial charge in [-0.15, -0.1) is 11.3 Å². The van der Waals surface area contributed by atoms with Crippen LogP contribution in [-0.2, 0) is 13.5 Å². The van der Waals surface area contributed by atoms with Crippen LogP contribution in [0.25, 0.3) is 0 Å².